The van der Waals surface area contributed by atoms with Crippen LogP contribution in [0, 0.1) is 0 Å². The molecule has 0 radical (unpaired) electrons. The highest BCUT2D eigenvalue weighted by atomic mass is 32.2. The van der Waals surface area contributed by atoms with Gasteiger partial charge in [-0.15, -0.1) is 0 Å². The molecule has 2 unspecified atom stereocenters. The molecule has 3 atom stereocenters. The van der Waals surface area contributed by atoms with E-state index < -0.39 is 36.0 Å². The summed E-state index contributed by atoms with van der Waals surface area (Å²) in [6, 6.07) is 7.66. The van der Waals surface area contributed by atoms with Crippen molar-refractivity contribution in [3.8, 4) is 0 Å². The van der Waals surface area contributed by atoms with Crippen LogP contribution in [0.5, 0.6) is 0 Å². The molecule has 0 N–H and O–H groups in total. The minimum absolute atomic E-state index is 0.183. The number of benzene rings is 1. The van der Waals surface area contributed by atoms with E-state index in [-0.39, 0.29) is 4.90 Å². The first kappa shape index (κ1) is 19.4. The van der Waals surface area contributed by atoms with Crippen molar-refractivity contribution >= 4 is 19.9 Å². The predicted octanol–water partition coefficient (Wildman–Crippen LogP) is 3.18. The Hall–Kier alpha value is -0.920. The van der Waals surface area contributed by atoms with Crippen LogP contribution in [-0.2, 0) is 19.9 Å². The van der Waals surface area contributed by atoms with Gasteiger partial charge >= 0.3 is 0 Å². The summed E-state index contributed by atoms with van der Waals surface area (Å²) in [5.74, 6) is 0. The molecule has 1 aliphatic heterocycles. The van der Waals surface area contributed by atoms with Gasteiger partial charge in [0, 0.05) is 0 Å². The van der Waals surface area contributed by atoms with E-state index in [0.29, 0.717) is 6.42 Å². The van der Waals surface area contributed by atoms with Gasteiger partial charge in [-0.1, -0.05) is 44.4 Å². The Labute approximate surface area is 146 Å². The summed E-state index contributed by atoms with van der Waals surface area (Å²) in [6.07, 6.45) is 3.39. The molecule has 0 aromatic heterocycles. The molecule has 24 heavy (non-hydrogen) atoms. The molecule has 1 aromatic rings. The monoisotopic (exact) mass is 373 g/mol. The third-order valence-corrected chi connectivity index (χ3v) is 9.20. The zero-order valence-electron chi connectivity index (χ0n) is 14.8. The number of sulfonamides is 1. The maximum absolute atomic E-state index is 12.9. The lowest BCUT2D eigenvalue weighted by Crippen LogP contribution is -2.35. The number of unbranched alkanes of at least 4 members (excludes halogenated alkanes) is 2. The van der Waals surface area contributed by atoms with Crippen LogP contribution >= 0.6 is 0 Å². The Morgan fingerprint density at radius 3 is 2.08 bits per heavy atom. The van der Waals surface area contributed by atoms with E-state index in [9.17, 15) is 16.8 Å². The van der Waals surface area contributed by atoms with Gasteiger partial charge in [-0.05, 0) is 39.3 Å². The second-order valence-electron chi connectivity index (χ2n) is 7.26. The van der Waals surface area contributed by atoms with Gasteiger partial charge in [0.15, 0.2) is 9.84 Å². The van der Waals surface area contributed by atoms with E-state index in [4.69, 9.17) is 0 Å². The summed E-state index contributed by atoms with van der Waals surface area (Å²) in [4.78, 5) is 0.183. The number of nitrogens with zero attached hydrogens (tertiary/aromatic N) is 1. The summed E-state index contributed by atoms with van der Waals surface area (Å²) < 4.78 is 51.6. The average Bonchev–Trinajstić information content (AvgIpc) is 3.23. The van der Waals surface area contributed by atoms with Crippen LogP contribution in [-0.4, -0.2) is 37.3 Å². The maximum atomic E-state index is 12.9. The van der Waals surface area contributed by atoms with Gasteiger partial charge in [0.05, 0.1) is 15.7 Å². The normalized spacial score (nSPS) is 24.8. The molecule has 1 saturated heterocycles. The van der Waals surface area contributed by atoms with Crippen molar-refractivity contribution < 1.29 is 16.8 Å². The molecular weight excluding hydrogens is 346 g/mol. The van der Waals surface area contributed by atoms with Crippen LogP contribution in [0.15, 0.2) is 35.2 Å². The molecule has 0 aliphatic carbocycles. The summed E-state index contributed by atoms with van der Waals surface area (Å²) in [7, 11) is -7.37. The molecule has 136 valence electrons. The van der Waals surface area contributed by atoms with Crippen molar-refractivity contribution in [2.45, 2.75) is 74.4 Å². The zero-order valence-corrected chi connectivity index (χ0v) is 16.4. The highest BCUT2D eigenvalue weighted by Crippen LogP contribution is 2.45. The Morgan fingerprint density at radius 1 is 1.00 bits per heavy atom. The van der Waals surface area contributed by atoms with Crippen molar-refractivity contribution in [3.05, 3.63) is 30.3 Å². The highest BCUT2D eigenvalue weighted by molar-refractivity contribution is 7.95. The van der Waals surface area contributed by atoms with Crippen molar-refractivity contribution in [1.82, 2.24) is 4.31 Å². The van der Waals surface area contributed by atoms with Gasteiger partial charge in [0.2, 0.25) is 10.0 Å². The highest BCUT2D eigenvalue weighted by Gasteiger charge is 2.63. The molecule has 1 aromatic carbocycles. The van der Waals surface area contributed by atoms with E-state index in [1.54, 1.807) is 39.0 Å². The van der Waals surface area contributed by atoms with Crippen molar-refractivity contribution in [2.75, 3.05) is 0 Å². The Kier molecular flexibility index (Phi) is 5.47. The topological polar surface area (TPSA) is 71.3 Å². The molecular formula is C17H27NO4S2. The average molecular weight is 374 g/mol. The second kappa shape index (κ2) is 6.77. The summed E-state index contributed by atoms with van der Waals surface area (Å²) >= 11 is 0. The summed E-state index contributed by atoms with van der Waals surface area (Å²) in [5.41, 5.74) is 0. The predicted molar refractivity (Wildman–Crippen MR) is 95.9 cm³/mol. The van der Waals surface area contributed by atoms with E-state index in [1.165, 1.54) is 16.4 Å². The fourth-order valence-electron chi connectivity index (χ4n) is 2.83. The third kappa shape index (κ3) is 3.53. The van der Waals surface area contributed by atoms with Crippen LogP contribution in [0.2, 0.25) is 0 Å². The molecule has 5 nitrogen and oxygen atoms in total. The van der Waals surface area contributed by atoms with Crippen LogP contribution < -0.4 is 0 Å². The van der Waals surface area contributed by atoms with Gasteiger partial charge in [0.1, 0.15) is 5.37 Å². The molecule has 1 heterocycles. The van der Waals surface area contributed by atoms with Gasteiger partial charge in [0.25, 0.3) is 0 Å². The molecule has 0 spiro atoms. The zero-order chi connectivity index (χ0) is 18.2. The molecule has 7 heteroatoms. The Balaban J connectivity index is 2.36. The Bertz CT molecular complexity index is 765. The molecule has 1 aliphatic rings. The Morgan fingerprint density at radius 2 is 1.58 bits per heavy atom. The maximum Gasteiger partial charge on any atom is 0.220 e. The van der Waals surface area contributed by atoms with Crippen molar-refractivity contribution in [1.29, 1.82) is 0 Å². The van der Waals surface area contributed by atoms with Crippen molar-refractivity contribution in [3.63, 3.8) is 0 Å². The van der Waals surface area contributed by atoms with Crippen LogP contribution in [0.1, 0.15) is 53.4 Å². The standard InChI is InChI=1S/C17H27NO4S2/c1-5-6-8-13-15-16(18(15)24(21,22)17(2,3)4)23(19,20)14-11-9-7-10-12-14/h7,9-12,15-16H,5-6,8,13H2,1-4H3/t15?,16-,18?/m1/s1. The lowest BCUT2D eigenvalue weighted by molar-refractivity contribution is 0.505. The van der Waals surface area contributed by atoms with Crippen LogP contribution in [0.4, 0.5) is 0 Å². The lowest BCUT2D eigenvalue weighted by Gasteiger charge is -2.20. The van der Waals surface area contributed by atoms with Gasteiger partial charge in [-0.2, -0.15) is 4.31 Å². The SMILES string of the molecule is CCCCCC1[C@@H](S(=O)(=O)c2ccccc2)N1S(=O)(=O)C(C)(C)C. The molecule has 2 rings (SSSR count). The van der Waals surface area contributed by atoms with E-state index in [1.807, 2.05) is 0 Å². The van der Waals surface area contributed by atoms with Gasteiger partial charge < -0.3 is 0 Å². The first-order valence-electron chi connectivity index (χ1n) is 8.37. The first-order chi connectivity index (χ1) is 11.0. The summed E-state index contributed by atoms with van der Waals surface area (Å²) in [5, 5.41) is -0.971. The van der Waals surface area contributed by atoms with E-state index in [2.05, 4.69) is 6.92 Å². The van der Waals surface area contributed by atoms with Gasteiger partial charge in [-0.3, -0.25) is 0 Å². The minimum Gasteiger partial charge on any atom is -0.222 e. The molecule has 0 amide bonds. The smallest absolute Gasteiger partial charge is 0.220 e. The second-order valence-corrected chi connectivity index (χ2v) is 11.9. The van der Waals surface area contributed by atoms with Gasteiger partial charge in [-0.25, -0.2) is 16.8 Å². The largest absolute Gasteiger partial charge is 0.222 e. The number of hydrogen-bond acceptors (Lipinski definition) is 4. The minimum atomic E-state index is -3.70. The first-order valence-corrected chi connectivity index (χ1v) is 11.4. The van der Waals surface area contributed by atoms with Crippen molar-refractivity contribution in [2.24, 2.45) is 0 Å². The third-order valence-electron chi connectivity index (χ3n) is 4.36. The quantitative estimate of drug-likeness (QED) is 0.544. The molecule has 1 fully saturated rings. The fourth-order valence-corrected chi connectivity index (χ4v) is 7.01. The fraction of sp³-hybridized carbons (Fsp3) is 0.647. The van der Waals surface area contributed by atoms with E-state index in [0.717, 1.165) is 19.3 Å². The molecule has 0 saturated carbocycles. The van der Waals surface area contributed by atoms with Crippen LogP contribution in [0.25, 0.3) is 0 Å². The number of sulfone groups is 1. The number of hydrogen-bond donors (Lipinski definition) is 0. The number of rotatable bonds is 7. The summed E-state index contributed by atoms with van der Waals surface area (Å²) in [6.45, 7) is 6.89. The van der Waals surface area contributed by atoms with Crippen LogP contribution in [0.3, 0.4) is 0 Å². The van der Waals surface area contributed by atoms with E-state index >= 15 is 0 Å². The molecule has 0 bridgehead atoms. The lowest BCUT2D eigenvalue weighted by atomic mass is 10.2.